The van der Waals surface area contributed by atoms with E-state index in [0.29, 0.717) is 6.42 Å². The van der Waals surface area contributed by atoms with Gasteiger partial charge in [0.15, 0.2) is 12.6 Å². The van der Waals surface area contributed by atoms with Gasteiger partial charge in [-0.2, -0.15) is 0 Å². The molecule has 12 atom stereocenters. The van der Waals surface area contributed by atoms with Gasteiger partial charge in [-0.1, -0.05) is 376 Å². The minimum Gasteiger partial charge on any atom is -0.394 e. The van der Waals surface area contributed by atoms with Crippen molar-refractivity contribution in [3.05, 3.63) is 72.9 Å². The maximum absolute atomic E-state index is 13.4. The Morgan fingerprint density at radius 3 is 1.06 bits per heavy atom. The lowest BCUT2D eigenvalue weighted by molar-refractivity contribution is -0.359. The lowest BCUT2D eigenvalue weighted by atomic mass is 9.97. The molecule has 2 aliphatic heterocycles. The fourth-order valence-corrected chi connectivity index (χ4v) is 13.8. The van der Waals surface area contributed by atoms with E-state index in [1.807, 2.05) is 6.08 Å². The zero-order valence-corrected chi connectivity index (χ0v) is 64.2. The molecule has 2 heterocycles. The summed E-state index contributed by atoms with van der Waals surface area (Å²) in [6.07, 6.45) is 79.9. The van der Waals surface area contributed by atoms with Gasteiger partial charge in [0.25, 0.3) is 0 Å². The highest BCUT2D eigenvalue weighted by Gasteiger charge is 2.51. The van der Waals surface area contributed by atoms with Crippen LogP contribution in [0.25, 0.3) is 0 Å². The number of rotatable bonds is 71. The fourth-order valence-electron chi connectivity index (χ4n) is 13.8. The molecule has 100 heavy (non-hydrogen) atoms. The van der Waals surface area contributed by atoms with Gasteiger partial charge in [-0.05, 0) is 64.2 Å². The molecule has 0 spiro atoms. The highest BCUT2D eigenvalue weighted by Crippen LogP contribution is 2.30. The number of amides is 1. The van der Waals surface area contributed by atoms with Gasteiger partial charge >= 0.3 is 0 Å². The lowest BCUT2D eigenvalue weighted by Gasteiger charge is -2.46. The number of allylic oxidation sites excluding steroid dienone is 11. The third-order valence-electron chi connectivity index (χ3n) is 20.4. The van der Waals surface area contributed by atoms with Crippen molar-refractivity contribution >= 4 is 5.91 Å². The number of aliphatic hydroxyl groups is 8. The molecule has 0 aromatic heterocycles. The van der Waals surface area contributed by atoms with Crippen LogP contribution in [0.3, 0.4) is 0 Å². The molecule has 0 aromatic carbocycles. The first-order valence-corrected chi connectivity index (χ1v) is 42.2. The van der Waals surface area contributed by atoms with Gasteiger partial charge < -0.3 is 65.1 Å². The van der Waals surface area contributed by atoms with E-state index in [0.717, 1.165) is 70.6 Å². The second-order valence-corrected chi connectivity index (χ2v) is 29.6. The number of hydrogen-bond acceptors (Lipinski definition) is 13. The van der Waals surface area contributed by atoms with E-state index in [-0.39, 0.29) is 18.9 Å². The summed E-state index contributed by atoms with van der Waals surface area (Å²) >= 11 is 0. The zero-order valence-electron chi connectivity index (χ0n) is 64.2. The van der Waals surface area contributed by atoms with Crippen LogP contribution in [0.4, 0.5) is 0 Å². The topological polar surface area (TPSA) is 228 Å². The van der Waals surface area contributed by atoms with Crippen LogP contribution in [-0.2, 0) is 23.7 Å². The summed E-state index contributed by atoms with van der Waals surface area (Å²) in [5.41, 5.74) is 0. The van der Waals surface area contributed by atoms with Crippen molar-refractivity contribution in [3.63, 3.8) is 0 Å². The van der Waals surface area contributed by atoms with Crippen LogP contribution in [0.5, 0.6) is 0 Å². The summed E-state index contributed by atoms with van der Waals surface area (Å²) in [5, 5.41) is 87.8. The summed E-state index contributed by atoms with van der Waals surface area (Å²) in [6, 6.07) is -0.918. The number of carbonyl (C=O) groups excluding carboxylic acids is 1. The second-order valence-electron chi connectivity index (χ2n) is 29.6. The van der Waals surface area contributed by atoms with Gasteiger partial charge in [-0.25, -0.2) is 0 Å². The van der Waals surface area contributed by atoms with Crippen molar-refractivity contribution < 1.29 is 64.6 Å². The normalized spacial score (nSPS) is 22.2. The van der Waals surface area contributed by atoms with Crippen molar-refractivity contribution in [3.8, 4) is 0 Å². The van der Waals surface area contributed by atoms with E-state index in [9.17, 15) is 45.6 Å². The maximum atomic E-state index is 13.4. The minimum absolute atomic E-state index is 0.234. The van der Waals surface area contributed by atoms with E-state index in [2.05, 4.69) is 79.9 Å². The van der Waals surface area contributed by atoms with Crippen LogP contribution in [0.1, 0.15) is 373 Å². The molecule has 14 nitrogen and oxygen atoms in total. The van der Waals surface area contributed by atoms with E-state index >= 15 is 0 Å². The Morgan fingerprint density at radius 1 is 0.370 bits per heavy atom. The summed E-state index contributed by atoms with van der Waals surface area (Å²) < 4.78 is 22.9. The quantitative estimate of drug-likeness (QED) is 0.0204. The van der Waals surface area contributed by atoms with Crippen molar-refractivity contribution in [2.45, 2.75) is 447 Å². The van der Waals surface area contributed by atoms with Gasteiger partial charge in [0.1, 0.15) is 48.8 Å². The van der Waals surface area contributed by atoms with Crippen LogP contribution in [0.15, 0.2) is 72.9 Å². The molecule has 0 aromatic rings. The molecule has 2 rings (SSSR count). The average Bonchev–Trinajstić information content (AvgIpc) is 0.790. The summed E-state index contributed by atoms with van der Waals surface area (Å²) in [7, 11) is 0. The van der Waals surface area contributed by atoms with Gasteiger partial charge in [0.05, 0.1) is 32.0 Å². The van der Waals surface area contributed by atoms with Crippen molar-refractivity contribution in [2.75, 3.05) is 19.8 Å². The molecule has 0 saturated carbocycles. The monoisotopic (exact) mass is 1410 g/mol. The SMILES string of the molecule is CC/C=C\C/C=C\C/C=C\C/C=C\C/C=C\CCCCCCCCCCCCCCCCCCCCCC(=O)NC(COC1OC(CO)C(OC2OC(CO)C(O)C(O)C2O)C(O)C1O)C(O)/C=C/CCCCCCCCCCCCCCCCCCCCCCCCCCCCCCC. The predicted molar refractivity (Wildman–Crippen MR) is 415 cm³/mol. The number of unbranched alkanes of at least 4 members (excludes halogenated alkanes) is 48. The molecule has 584 valence electrons. The lowest BCUT2D eigenvalue weighted by Crippen LogP contribution is -2.65. The molecule has 0 bridgehead atoms. The van der Waals surface area contributed by atoms with E-state index in [1.165, 1.54) is 276 Å². The van der Waals surface area contributed by atoms with Crippen molar-refractivity contribution in [1.82, 2.24) is 5.32 Å². The zero-order chi connectivity index (χ0) is 72.2. The van der Waals surface area contributed by atoms with Gasteiger partial charge in [0, 0.05) is 6.42 Å². The molecule has 0 radical (unpaired) electrons. The first-order valence-electron chi connectivity index (χ1n) is 42.2. The van der Waals surface area contributed by atoms with Gasteiger partial charge in [0.2, 0.25) is 5.91 Å². The molecular weight excluding hydrogens is 1250 g/mol. The number of carbonyl (C=O) groups is 1. The fraction of sp³-hybridized carbons (Fsp3) is 0.849. The highest BCUT2D eigenvalue weighted by molar-refractivity contribution is 5.76. The van der Waals surface area contributed by atoms with Crippen LogP contribution in [0.2, 0.25) is 0 Å². The largest absolute Gasteiger partial charge is 0.394 e. The van der Waals surface area contributed by atoms with Crippen LogP contribution in [0, 0.1) is 0 Å². The highest BCUT2D eigenvalue weighted by atomic mass is 16.7. The predicted octanol–water partition coefficient (Wildman–Crippen LogP) is 19.7. The molecule has 2 fully saturated rings. The Morgan fingerprint density at radius 2 is 0.690 bits per heavy atom. The Labute approximate surface area is 612 Å². The van der Waals surface area contributed by atoms with E-state index < -0.39 is 86.8 Å². The Hall–Kier alpha value is -2.57. The molecule has 0 aliphatic carbocycles. The van der Waals surface area contributed by atoms with Crippen LogP contribution < -0.4 is 5.32 Å². The summed E-state index contributed by atoms with van der Waals surface area (Å²) in [4.78, 5) is 13.4. The van der Waals surface area contributed by atoms with E-state index in [4.69, 9.17) is 18.9 Å². The van der Waals surface area contributed by atoms with E-state index in [1.54, 1.807) is 6.08 Å². The van der Waals surface area contributed by atoms with Crippen LogP contribution in [-0.4, -0.2) is 140 Å². The maximum Gasteiger partial charge on any atom is 0.220 e. The first-order chi connectivity index (χ1) is 49.1. The van der Waals surface area contributed by atoms with Crippen LogP contribution >= 0.6 is 0 Å². The number of ether oxygens (including phenoxy) is 4. The average molecular weight is 1410 g/mol. The third-order valence-corrected chi connectivity index (χ3v) is 20.4. The molecule has 2 saturated heterocycles. The number of nitrogens with one attached hydrogen (secondary N) is 1. The number of aliphatic hydroxyl groups excluding tert-OH is 8. The Kier molecular flexibility index (Phi) is 65.0. The summed E-state index contributed by atoms with van der Waals surface area (Å²) in [6.45, 7) is 2.74. The first kappa shape index (κ1) is 93.5. The number of hydrogen-bond donors (Lipinski definition) is 9. The van der Waals surface area contributed by atoms with Crippen molar-refractivity contribution in [2.24, 2.45) is 0 Å². The Balaban J connectivity index is 1.59. The Bertz CT molecular complexity index is 1960. The molecule has 1 amide bonds. The molecule has 12 unspecified atom stereocenters. The second kappa shape index (κ2) is 69.5. The molecule has 9 N–H and O–H groups in total. The van der Waals surface area contributed by atoms with Crippen molar-refractivity contribution in [1.29, 1.82) is 0 Å². The smallest absolute Gasteiger partial charge is 0.220 e. The standard InChI is InChI=1S/C86H157NO13/c1-3-5-7-9-11-13-15-17-19-21-23-25-27-29-31-33-35-36-37-38-40-42-44-46-48-50-52-54-56-58-60-62-64-66-68-70-78(91)87-74(73-97-85-83(96)81(94)84(77(72-89)99-85)100-86-82(95)80(93)79(92)76(71-88)98-86)75(90)69-67-65-63-61-59-57-55-53-51-49-47-45-43-41-39-34-32-30-28-26-24-22-20-18-16-14-12-10-8-6-4-2/h5,7,11,13,17,19,23,25,29,31,67,69,74-77,79-86,88-90,92-96H,3-4,6,8-10,12,14-16,18,20-22,24,26-28,30,32-66,68,70-73H2,1-2H3,(H,87,91)/b7-5-,13-11-,19-17-,25-23-,31-29-,69-67+. The molecule has 2 aliphatic rings. The third kappa shape index (κ3) is 51.6. The van der Waals surface area contributed by atoms with Gasteiger partial charge in [-0.3, -0.25) is 4.79 Å². The summed E-state index contributed by atoms with van der Waals surface area (Å²) in [5.74, 6) is -0.234. The van der Waals surface area contributed by atoms with Gasteiger partial charge in [-0.15, -0.1) is 0 Å². The molecule has 14 heteroatoms. The molecular formula is C86H157NO13. The minimum atomic E-state index is -1.79.